The van der Waals surface area contributed by atoms with Crippen molar-refractivity contribution in [1.29, 1.82) is 0 Å². The van der Waals surface area contributed by atoms with Gasteiger partial charge in [-0.3, -0.25) is 4.68 Å². The number of aromatic nitrogens is 2. The summed E-state index contributed by atoms with van der Waals surface area (Å²) in [5.74, 6) is -0.209. The Morgan fingerprint density at radius 1 is 1.32 bits per heavy atom. The third-order valence-electron chi connectivity index (χ3n) is 3.12. The van der Waals surface area contributed by atoms with Crippen LogP contribution in [0.4, 0.5) is 4.39 Å². The van der Waals surface area contributed by atoms with E-state index in [2.05, 4.69) is 23.4 Å². The van der Waals surface area contributed by atoms with Crippen LogP contribution in [0, 0.1) is 12.7 Å². The third-order valence-corrected chi connectivity index (χ3v) is 3.12. The molecule has 2 aromatic rings. The topological polar surface area (TPSA) is 29.9 Å². The summed E-state index contributed by atoms with van der Waals surface area (Å²) in [6.07, 6.45) is 0. The Labute approximate surface area is 113 Å². The van der Waals surface area contributed by atoms with Crippen molar-refractivity contribution < 1.29 is 4.39 Å². The maximum Gasteiger partial charge on any atom is 0.123 e. The number of nitrogens with one attached hydrogen (secondary N) is 1. The number of rotatable bonds is 5. The predicted octanol–water partition coefficient (Wildman–Crippen LogP) is 3.05. The minimum atomic E-state index is -0.209. The van der Waals surface area contributed by atoms with Gasteiger partial charge in [0.25, 0.3) is 0 Å². The first kappa shape index (κ1) is 13.7. The van der Waals surface area contributed by atoms with Crippen molar-refractivity contribution in [2.45, 2.75) is 33.4 Å². The average Bonchev–Trinajstić information content (AvgIpc) is 2.77. The van der Waals surface area contributed by atoms with E-state index in [1.165, 1.54) is 6.07 Å². The lowest BCUT2D eigenvalue weighted by atomic mass is 10.0. The number of benzene rings is 1. The molecule has 1 unspecified atom stereocenters. The number of nitrogens with zero attached hydrogens (tertiary/aromatic N) is 2. The monoisotopic (exact) mass is 261 g/mol. The first-order chi connectivity index (χ1) is 9.15. The molecule has 1 heterocycles. The Hall–Kier alpha value is -1.68. The Morgan fingerprint density at radius 3 is 2.74 bits per heavy atom. The van der Waals surface area contributed by atoms with Gasteiger partial charge in [0.15, 0.2) is 0 Å². The molecule has 0 aliphatic rings. The smallest absolute Gasteiger partial charge is 0.123 e. The largest absolute Gasteiger partial charge is 0.305 e. The molecule has 0 fully saturated rings. The van der Waals surface area contributed by atoms with Crippen molar-refractivity contribution in [2.75, 3.05) is 6.54 Å². The van der Waals surface area contributed by atoms with Gasteiger partial charge in [0, 0.05) is 6.54 Å². The van der Waals surface area contributed by atoms with Crippen LogP contribution < -0.4 is 5.32 Å². The van der Waals surface area contributed by atoms with E-state index in [0.29, 0.717) is 0 Å². The van der Waals surface area contributed by atoms with Gasteiger partial charge in [0.05, 0.1) is 17.4 Å². The summed E-state index contributed by atoms with van der Waals surface area (Å²) < 4.78 is 15.4. The van der Waals surface area contributed by atoms with Gasteiger partial charge in [0.2, 0.25) is 0 Å². The summed E-state index contributed by atoms with van der Waals surface area (Å²) in [5.41, 5.74) is 2.99. The van der Waals surface area contributed by atoms with Crippen LogP contribution in [0.3, 0.4) is 0 Å². The summed E-state index contributed by atoms with van der Waals surface area (Å²) in [5, 5.41) is 7.87. The Kier molecular flexibility index (Phi) is 4.32. The van der Waals surface area contributed by atoms with Gasteiger partial charge < -0.3 is 5.32 Å². The summed E-state index contributed by atoms with van der Waals surface area (Å²) in [7, 11) is 0. The third kappa shape index (κ3) is 3.01. The number of hydrogen-bond acceptors (Lipinski definition) is 2. The molecule has 1 N–H and O–H groups in total. The zero-order valence-electron chi connectivity index (χ0n) is 11.7. The highest BCUT2D eigenvalue weighted by atomic mass is 19.1. The summed E-state index contributed by atoms with van der Waals surface area (Å²) in [4.78, 5) is 0. The van der Waals surface area contributed by atoms with E-state index in [1.807, 2.05) is 24.6 Å². The second kappa shape index (κ2) is 5.97. The fourth-order valence-electron chi connectivity index (χ4n) is 2.33. The van der Waals surface area contributed by atoms with Crippen LogP contribution in [0.25, 0.3) is 0 Å². The molecule has 0 aliphatic carbocycles. The van der Waals surface area contributed by atoms with Crippen LogP contribution in [0.15, 0.2) is 30.3 Å². The van der Waals surface area contributed by atoms with Crippen LogP contribution in [0.1, 0.15) is 36.8 Å². The van der Waals surface area contributed by atoms with Crippen LogP contribution in [-0.4, -0.2) is 16.3 Å². The summed E-state index contributed by atoms with van der Waals surface area (Å²) >= 11 is 0. The minimum Gasteiger partial charge on any atom is -0.305 e. The van der Waals surface area contributed by atoms with Crippen molar-refractivity contribution in [3.63, 3.8) is 0 Å². The molecule has 4 heteroatoms. The van der Waals surface area contributed by atoms with E-state index in [0.717, 1.165) is 30.0 Å². The number of aryl methyl sites for hydroxylation is 2. The zero-order chi connectivity index (χ0) is 13.8. The molecule has 1 aromatic heterocycles. The Balaban J connectivity index is 2.44. The van der Waals surface area contributed by atoms with E-state index >= 15 is 0 Å². The fourth-order valence-corrected chi connectivity index (χ4v) is 2.33. The molecule has 0 amide bonds. The Bertz CT molecular complexity index is 548. The highest BCUT2D eigenvalue weighted by Crippen LogP contribution is 2.23. The van der Waals surface area contributed by atoms with Gasteiger partial charge in [-0.15, -0.1) is 0 Å². The van der Waals surface area contributed by atoms with Gasteiger partial charge >= 0.3 is 0 Å². The van der Waals surface area contributed by atoms with Crippen molar-refractivity contribution in [2.24, 2.45) is 0 Å². The molecule has 0 saturated heterocycles. The highest BCUT2D eigenvalue weighted by molar-refractivity contribution is 5.29. The normalized spacial score (nSPS) is 12.6. The molecule has 0 radical (unpaired) electrons. The molecular formula is C15H20FN3. The molecule has 1 aromatic carbocycles. The maximum atomic E-state index is 13.4. The molecule has 102 valence electrons. The second-order valence-electron chi connectivity index (χ2n) is 4.57. The lowest BCUT2D eigenvalue weighted by Gasteiger charge is -2.19. The fraction of sp³-hybridized carbons (Fsp3) is 0.400. The van der Waals surface area contributed by atoms with E-state index in [4.69, 9.17) is 0 Å². The van der Waals surface area contributed by atoms with Crippen LogP contribution in [0.5, 0.6) is 0 Å². The van der Waals surface area contributed by atoms with Crippen molar-refractivity contribution in [1.82, 2.24) is 15.1 Å². The quantitative estimate of drug-likeness (QED) is 0.896. The van der Waals surface area contributed by atoms with Crippen LogP contribution in [-0.2, 0) is 6.54 Å². The lowest BCUT2D eigenvalue weighted by molar-refractivity contribution is 0.537. The number of hydrogen-bond donors (Lipinski definition) is 1. The molecule has 0 bridgehead atoms. The van der Waals surface area contributed by atoms with E-state index in [9.17, 15) is 4.39 Å². The SMILES string of the molecule is CCNC(c1cccc(F)c1)c1cc(C)nn1CC. The van der Waals surface area contributed by atoms with Crippen molar-refractivity contribution >= 4 is 0 Å². The summed E-state index contributed by atoms with van der Waals surface area (Å²) in [6.45, 7) is 7.70. The van der Waals surface area contributed by atoms with Gasteiger partial charge in [0.1, 0.15) is 5.82 Å². The molecule has 0 aliphatic heterocycles. The van der Waals surface area contributed by atoms with E-state index in [-0.39, 0.29) is 11.9 Å². The molecule has 0 spiro atoms. The first-order valence-electron chi connectivity index (χ1n) is 6.68. The standard InChI is InChI=1S/C15H20FN3/c1-4-17-15(12-7-6-8-13(16)10-12)14-9-11(3)18-19(14)5-2/h6-10,15,17H,4-5H2,1-3H3. The van der Waals surface area contributed by atoms with Crippen LogP contribution in [0.2, 0.25) is 0 Å². The zero-order valence-corrected chi connectivity index (χ0v) is 11.7. The first-order valence-corrected chi connectivity index (χ1v) is 6.68. The average molecular weight is 261 g/mol. The molecule has 3 nitrogen and oxygen atoms in total. The highest BCUT2D eigenvalue weighted by Gasteiger charge is 2.18. The van der Waals surface area contributed by atoms with E-state index < -0.39 is 0 Å². The molecule has 19 heavy (non-hydrogen) atoms. The molecule has 2 rings (SSSR count). The molecule has 0 saturated carbocycles. The van der Waals surface area contributed by atoms with Crippen LogP contribution >= 0.6 is 0 Å². The minimum absolute atomic E-state index is 0.0261. The predicted molar refractivity (Wildman–Crippen MR) is 74.6 cm³/mol. The lowest BCUT2D eigenvalue weighted by Crippen LogP contribution is -2.24. The van der Waals surface area contributed by atoms with Gasteiger partial charge in [-0.05, 0) is 44.2 Å². The van der Waals surface area contributed by atoms with Gasteiger partial charge in [-0.2, -0.15) is 5.10 Å². The van der Waals surface area contributed by atoms with Crippen molar-refractivity contribution in [3.05, 3.63) is 53.1 Å². The molecule has 1 atom stereocenters. The second-order valence-corrected chi connectivity index (χ2v) is 4.57. The Morgan fingerprint density at radius 2 is 2.11 bits per heavy atom. The van der Waals surface area contributed by atoms with E-state index in [1.54, 1.807) is 12.1 Å². The van der Waals surface area contributed by atoms with Gasteiger partial charge in [-0.25, -0.2) is 4.39 Å². The molecular weight excluding hydrogens is 241 g/mol. The van der Waals surface area contributed by atoms with Gasteiger partial charge in [-0.1, -0.05) is 19.1 Å². The van der Waals surface area contributed by atoms with Crippen molar-refractivity contribution in [3.8, 4) is 0 Å². The maximum absolute atomic E-state index is 13.4. The summed E-state index contributed by atoms with van der Waals surface area (Å²) in [6, 6.07) is 8.77. The number of halogens is 1.